The van der Waals surface area contributed by atoms with Gasteiger partial charge in [0.05, 0.1) is 0 Å². The van der Waals surface area contributed by atoms with Gasteiger partial charge in [-0.1, -0.05) is 13.8 Å². The number of carbonyl (C=O) groups is 1. The second-order valence-electron chi connectivity index (χ2n) is 3.96. The van der Waals surface area contributed by atoms with Crippen LogP contribution in [0.5, 0.6) is 0 Å². The molecular formula is C10H17N5O. The molecule has 0 radical (unpaired) electrons. The molecule has 1 atom stereocenters. The zero-order chi connectivity index (χ0) is 12.1. The number of nitrogens with one attached hydrogen (secondary N) is 1. The standard InChI is InChI=1S/C10H17N5O/c1-6(2)7(11)5-13-9-4-3-8(10(12)16)14-15-9/h3-4,6-7H,5,11H2,1-2H3,(H2,12,16)(H,13,15). The van der Waals surface area contributed by atoms with Gasteiger partial charge in [0.25, 0.3) is 5.91 Å². The molecule has 0 spiro atoms. The summed E-state index contributed by atoms with van der Waals surface area (Å²) < 4.78 is 0. The molecule has 1 rings (SSSR count). The lowest BCUT2D eigenvalue weighted by Gasteiger charge is -2.16. The Balaban J connectivity index is 2.53. The molecule has 1 aromatic heterocycles. The number of amides is 1. The summed E-state index contributed by atoms with van der Waals surface area (Å²) >= 11 is 0. The van der Waals surface area contributed by atoms with Gasteiger partial charge in [0, 0.05) is 12.6 Å². The van der Waals surface area contributed by atoms with E-state index in [4.69, 9.17) is 11.5 Å². The van der Waals surface area contributed by atoms with Crippen LogP contribution in [0, 0.1) is 5.92 Å². The molecule has 0 bridgehead atoms. The molecule has 1 amide bonds. The molecule has 6 nitrogen and oxygen atoms in total. The van der Waals surface area contributed by atoms with Gasteiger partial charge in [-0.25, -0.2) is 0 Å². The van der Waals surface area contributed by atoms with Gasteiger partial charge in [0.15, 0.2) is 5.69 Å². The minimum atomic E-state index is -0.585. The van der Waals surface area contributed by atoms with E-state index in [1.807, 2.05) is 13.8 Å². The molecule has 0 saturated heterocycles. The molecule has 16 heavy (non-hydrogen) atoms. The Morgan fingerprint density at radius 3 is 2.56 bits per heavy atom. The van der Waals surface area contributed by atoms with Crippen molar-refractivity contribution < 1.29 is 4.79 Å². The van der Waals surface area contributed by atoms with Crippen LogP contribution in [0.2, 0.25) is 0 Å². The van der Waals surface area contributed by atoms with Gasteiger partial charge < -0.3 is 16.8 Å². The highest BCUT2D eigenvalue weighted by molar-refractivity contribution is 5.90. The highest BCUT2D eigenvalue weighted by Crippen LogP contribution is 2.03. The first-order valence-electron chi connectivity index (χ1n) is 5.13. The highest BCUT2D eigenvalue weighted by atomic mass is 16.1. The van der Waals surface area contributed by atoms with Crippen LogP contribution in [0.1, 0.15) is 24.3 Å². The van der Waals surface area contributed by atoms with E-state index in [2.05, 4.69) is 15.5 Å². The van der Waals surface area contributed by atoms with Gasteiger partial charge in [-0.15, -0.1) is 10.2 Å². The van der Waals surface area contributed by atoms with Gasteiger partial charge in [-0.3, -0.25) is 4.79 Å². The fraction of sp³-hybridized carbons (Fsp3) is 0.500. The Morgan fingerprint density at radius 1 is 1.44 bits per heavy atom. The lowest BCUT2D eigenvalue weighted by Crippen LogP contribution is -2.34. The third-order valence-corrected chi connectivity index (χ3v) is 2.29. The van der Waals surface area contributed by atoms with Crippen molar-refractivity contribution in [3.05, 3.63) is 17.8 Å². The zero-order valence-corrected chi connectivity index (χ0v) is 9.47. The number of hydrogen-bond donors (Lipinski definition) is 3. The van der Waals surface area contributed by atoms with E-state index in [0.29, 0.717) is 18.3 Å². The minimum Gasteiger partial charge on any atom is -0.367 e. The molecule has 0 fully saturated rings. The Hall–Kier alpha value is -1.69. The molecule has 0 aliphatic carbocycles. The van der Waals surface area contributed by atoms with Crippen LogP contribution < -0.4 is 16.8 Å². The van der Waals surface area contributed by atoms with Crippen molar-refractivity contribution in [1.29, 1.82) is 0 Å². The number of hydrogen-bond acceptors (Lipinski definition) is 5. The lowest BCUT2D eigenvalue weighted by atomic mass is 10.1. The fourth-order valence-corrected chi connectivity index (χ4v) is 1.02. The lowest BCUT2D eigenvalue weighted by molar-refractivity contribution is 0.0994. The van der Waals surface area contributed by atoms with Crippen LogP contribution in [-0.2, 0) is 0 Å². The van der Waals surface area contributed by atoms with Gasteiger partial charge in [-0.2, -0.15) is 0 Å². The quantitative estimate of drug-likeness (QED) is 0.649. The summed E-state index contributed by atoms with van der Waals surface area (Å²) in [5.41, 5.74) is 11.1. The number of aromatic nitrogens is 2. The van der Waals surface area contributed by atoms with E-state index in [1.54, 1.807) is 6.07 Å². The van der Waals surface area contributed by atoms with Crippen molar-refractivity contribution >= 4 is 11.7 Å². The highest BCUT2D eigenvalue weighted by Gasteiger charge is 2.08. The number of primary amides is 1. The third kappa shape index (κ3) is 3.47. The zero-order valence-electron chi connectivity index (χ0n) is 9.47. The first kappa shape index (κ1) is 12.4. The average Bonchev–Trinajstić information content (AvgIpc) is 2.26. The molecule has 88 valence electrons. The van der Waals surface area contributed by atoms with Crippen LogP contribution in [0.15, 0.2) is 12.1 Å². The van der Waals surface area contributed by atoms with Crippen molar-refractivity contribution in [1.82, 2.24) is 10.2 Å². The summed E-state index contributed by atoms with van der Waals surface area (Å²) in [4.78, 5) is 10.7. The summed E-state index contributed by atoms with van der Waals surface area (Å²) in [7, 11) is 0. The van der Waals surface area contributed by atoms with E-state index < -0.39 is 5.91 Å². The summed E-state index contributed by atoms with van der Waals surface area (Å²) in [6, 6.07) is 3.23. The first-order chi connectivity index (χ1) is 7.50. The smallest absolute Gasteiger partial charge is 0.269 e. The Bertz CT molecular complexity index is 349. The van der Waals surface area contributed by atoms with E-state index >= 15 is 0 Å². The Kier molecular flexibility index (Phi) is 4.19. The van der Waals surface area contributed by atoms with Crippen LogP contribution >= 0.6 is 0 Å². The molecule has 0 saturated carbocycles. The van der Waals surface area contributed by atoms with E-state index in [1.165, 1.54) is 6.07 Å². The molecular weight excluding hydrogens is 206 g/mol. The van der Waals surface area contributed by atoms with Gasteiger partial charge in [0.1, 0.15) is 5.82 Å². The second-order valence-corrected chi connectivity index (χ2v) is 3.96. The number of anilines is 1. The SMILES string of the molecule is CC(C)C(N)CNc1ccc(C(N)=O)nn1. The largest absolute Gasteiger partial charge is 0.367 e. The van der Waals surface area contributed by atoms with Crippen molar-refractivity contribution in [2.24, 2.45) is 17.4 Å². The van der Waals surface area contributed by atoms with Crippen LogP contribution in [-0.4, -0.2) is 28.7 Å². The molecule has 0 aliphatic heterocycles. The summed E-state index contributed by atoms with van der Waals surface area (Å²) in [5.74, 6) is 0.393. The van der Waals surface area contributed by atoms with E-state index in [9.17, 15) is 4.79 Å². The minimum absolute atomic E-state index is 0.0533. The summed E-state index contributed by atoms with van der Waals surface area (Å²) in [6.07, 6.45) is 0. The van der Waals surface area contributed by atoms with Crippen molar-refractivity contribution in [3.63, 3.8) is 0 Å². The Labute approximate surface area is 94.4 Å². The summed E-state index contributed by atoms with van der Waals surface area (Å²) in [5, 5.41) is 10.5. The molecule has 5 N–H and O–H groups in total. The Morgan fingerprint density at radius 2 is 2.12 bits per heavy atom. The molecule has 0 aromatic carbocycles. The van der Waals surface area contributed by atoms with E-state index in [0.717, 1.165) is 0 Å². The normalized spacial score (nSPS) is 12.5. The summed E-state index contributed by atoms with van der Waals surface area (Å²) in [6.45, 7) is 4.71. The van der Waals surface area contributed by atoms with Crippen LogP contribution in [0.4, 0.5) is 5.82 Å². The van der Waals surface area contributed by atoms with Crippen molar-refractivity contribution in [2.75, 3.05) is 11.9 Å². The molecule has 0 aliphatic rings. The first-order valence-corrected chi connectivity index (χ1v) is 5.13. The molecule has 6 heteroatoms. The molecule has 1 aromatic rings. The third-order valence-electron chi connectivity index (χ3n) is 2.29. The maximum Gasteiger partial charge on any atom is 0.269 e. The monoisotopic (exact) mass is 223 g/mol. The van der Waals surface area contributed by atoms with Gasteiger partial charge >= 0.3 is 0 Å². The number of rotatable bonds is 5. The van der Waals surface area contributed by atoms with Crippen LogP contribution in [0.25, 0.3) is 0 Å². The van der Waals surface area contributed by atoms with E-state index in [-0.39, 0.29) is 11.7 Å². The maximum absolute atomic E-state index is 10.7. The van der Waals surface area contributed by atoms with Gasteiger partial charge in [0.2, 0.25) is 0 Å². The van der Waals surface area contributed by atoms with Crippen LogP contribution in [0.3, 0.4) is 0 Å². The predicted octanol–water partition coefficient (Wildman–Crippen LogP) is -0.0293. The maximum atomic E-state index is 10.7. The number of nitrogens with zero attached hydrogens (tertiary/aromatic N) is 2. The fourth-order valence-electron chi connectivity index (χ4n) is 1.02. The molecule has 1 heterocycles. The number of nitrogens with two attached hydrogens (primary N) is 2. The predicted molar refractivity (Wildman–Crippen MR) is 61.9 cm³/mol. The topological polar surface area (TPSA) is 107 Å². The second kappa shape index (κ2) is 5.41. The molecule has 1 unspecified atom stereocenters. The average molecular weight is 223 g/mol. The van der Waals surface area contributed by atoms with Crippen molar-refractivity contribution in [3.8, 4) is 0 Å². The number of carbonyl (C=O) groups excluding carboxylic acids is 1. The van der Waals surface area contributed by atoms with Crippen molar-refractivity contribution in [2.45, 2.75) is 19.9 Å². The van der Waals surface area contributed by atoms with Gasteiger partial charge in [-0.05, 0) is 18.1 Å².